The predicted molar refractivity (Wildman–Crippen MR) is 71.4 cm³/mol. The molecule has 1 aromatic heterocycles. The topological polar surface area (TPSA) is 41.3 Å². The second kappa shape index (κ2) is 4.31. The van der Waals surface area contributed by atoms with Crippen molar-refractivity contribution in [2.24, 2.45) is 0 Å². The minimum Gasteiger partial charge on any atom is -0.423 e. The predicted octanol–water partition coefficient (Wildman–Crippen LogP) is 2.39. The van der Waals surface area contributed by atoms with Gasteiger partial charge in [-0.15, -0.1) is 0 Å². The van der Waals surface area contributed by atoms with E-state index < -0.39 is 0 Å². The first kappa shape index (κ1) is 11.0. The van der Waals surface area contributed by atoms with Crippen LogP contribution in [0.25, 0.3) is 11.1 Å². The van der Waals surface area contributed by atoms with Crippen LogP contribution in [0.2, 0.25) is 0 Å². The summed E-state index contributed by atoms with van der Waals surface area (Å²) >= 11 is 3.44. The van der Waals surface area contributed by atoms with E-state index in [0.717, 1.165) is 41.2 Å². The summed E-state index contributed by atoms with van der Waals surface area (Å²) in [6, 6.07) is 7.04. The van der Waals surface area contributed by atoms with Gasteiger partial charge in [0.15, 0.2) is 5.58 Å². The molecular weight excluding hydrogens is 282 g/mol. The van der Waals surface area contributed by atoms with Crippen LogP contribution in [0.1, 0.15) is 6.92 Å². The number of aromatic nitrogens is 1. The van der Waals surface area contributed by atoms with Crippen molar-refractivity contribution in [3.63, 3.8) is 0 Å². The van der Waals surface area contributed by atoms with Crippen LogP contribution in [0.3, 0.4) is 0 Å². The molecule has 90 valence electrons. The lowest BCUT2D eigenvalue weighted by molar-refractivity contribution is 0.456. The van der Waals surface area contributed by atoms with Crippen molar-refractivity contribution in [2.75, 3.05) is 24.5 Å². The number of anilines is 1. The largest absolute Gasteiger partial charge is 0.423 e. The van der Waals surface area contributed by atoms with Crippen molar-refractivity contribution in [3.8, 4) is 0 Å². The second-order valence-electron chi connectivity index (χ2n) is 4.36. The van der Waals surface area contributed by atoms with Crippen LogP contribution in [0, 0.1) is 0 Å². The molecule has 1 saturated heterocycles. The van der Waals surface area contributed by atoms with E-state index in [-0.39, 0.29) is 0 Å². The Bertz CT molecular complexity index is 540. The number of piperazine rings is 1. The van der Waals surface area contributed by atoms with Crippen molar-refractivity contribution in [3.05, 3.63) is 22.7 Å². The van der Waals surface area contributed by atoms with Crippen molar-refractivity contribution in [2.45, 2.75) is 13.0 Å². The molecule has 1 unspecified atom stereocenters. The van der Waals surface area contributed by atoms with E-state index >= 15 is 0 Å². The highest BCUT2D eigenvalue weighted by Gasteiger charge is 2.22. The lowest BCUT2D eigenvalue weighted by Crippen LogP contribution is -2.50. The lowest BCUT2D eigenvalue weighted by atomic mass is 10.2. The summed E-state index contributed by atoms with van der Waals surface area (Å²) < 4.78 is 6.83. The molecule has 5 heteroatoms. The zero-order valence-corrected chi connectivity index (χ0v) is 11.2. The number of rotatable bonds is 1. The Balaban J connectivity index is 1.99. The molecule has 0 aliphatic carbocycles. The third kappa shape index (κ3) is 2.05. The summed E-state index contributed by atoms with van der Waals surface area (Å²) in [4.78, 5) is 6.76. The van der Waals surface area contributed by atoms with E-state index in [1.165, 1.54) is 0 Å². The van der Waals surface area contributed by atoms with E-state index in [1.807, 2.05) is 18.2 Å². The fourth-order valence-corrected chi connectivity index (χ4v) is 2.49. The molecule has 0 bridgehead atoms. The van der Waals surface area contributed by atoms with Gasteiger partial charge in [-0.25, -0.2) is 0 Å². The average molecular weight is 296 g/mol. The number of halogens is 1. The maximum absolute atomic E-state index is 5.80. The van der Waals surface area contributed by atoms with Crippen molar-refractivity contribution >= 4 is 33.0 Å². The highest BCUT2D eigenvalue weighted by Crippen LogP contribution is 2.26. The maximum Gasteiger partial charge on any atom is 0.298 e. The highest BCUT2D eigenvalue weighted by atomic mass is 79.9. The molecule has 1 fully saturated rings. The summed E-state index contributed by atoms with van der Waals surface area (Å²) in [5.41, 5.74) is 1.74. The molecule has 1 aliphatic rings. The number of nitrogens with one attached hydrogen (secondary N) is 1. The van der Waals surface area contributed by atoms with Crippen molar-refractivity contribution < 1.29 is 4.42 Å². The first-order chi connectivity index (χ1) is 8.24. The third-order valence-corrected chi connectivity index (χ3v) is 3.58. The quantitative estimate of drug-likeness (QED) is 0.877. The van der Waals surface area contributed by atoms with Crippen molar-refractivity contribution in [1.29, 1.82) is 0 Å². The number of hydrogen-bond acceptors (Lipinski definition) is 4. The SMILES string of the molecule is CC1CNCCN1c1nc2cc(Br)ccc2o1. The van der Waals surface area contributed by atoms with E-state index in [0.29, 0.717) is 6.04 Å². The summed E-state index contributed by atoms with van der Waals surface area (Å²) in [5.74, 6) is 0. The zero-order valence-electron chi connectivity index (χ0n) is 9.61. The molecule has 2 aromatic rings. The van der Waals surface area contributed by atoms with Gasteiger partial charge in [0.25, 0.3) is 6.01 Å². The molecule has 17 heavy (non-hydrogen) atoms. The summed E-state index contributed by atoms with van der Waals surface area (Å²) in [7, 11) is 0. The number of nitrogens with zero attached hydrogens (tertiary/aromatic N) is 2. The normalized spacial score (nSPS) is 21.1. The lowest BCUT2D eigenvalue weighted by Gasteiger charge is -2.32. The van der Waals surface area contributed by atoms with Gasteiger partial charge in [-0.1, -0.05) is 15.9 Å². The van der Waals surface area contributed by atoms with Crippen LogP contribution in [0.15, 0.2) is 27.1 Å². The van der Waals surface area contributed by atoms with Gasteiger partial charge < -0.3 is 14.6 Å². The minimum atomic E-state index is 0.417. The first-order valence-corrected chi connectivity index (χ1v) is 6.57. The molecule has 1 N–H and O–H groups in total. The number of benzene rings is 1. The second-order valence-corrected chi connectivity index (χ2v) is 5.27. The van der Waals surface area contributed by atoms with Gasteiger partial charge in [0.05, 0.1) is 0 Å². The Morgan fingerprint density at radius 1 is 1.53 bits per heavy atom. The van der Waals surface area contributed by atoms with E-state index in [4.69, 9.17) is 4.42 Å². The molecule has 0 saturated carbocycles. The molecule has 4 nitrogen and oxygen atoms in total. The molecule has 0 radical (unpaired) electrons. The molecular formula is C12H14BrN3O. The van der Waals surface area contributed by atoms with E-state index in [1.54, 1.807) is 0 Å². The van der Waals surface area contributed by atoms with Gasteiger partial charge >= 0.3 is 0 Å². The van der Waals surface area contributed by atoms with Crippen LogP contribution in [-0.4, -0.2) is 30.7 Å². The zero-order chi connectivity index (χ0) is 11.8. The Morgan fingerprint density at radius 3 is 3.24 bits per heavy atom. The van der Waals surface area contributed by atoms with Crippen molar-refractivity contribution in [1.82, 2.24) is 10.3 Å². The minimum absolute atomic E-state index is 0.417. The summed E-state index contributed by atoms with van der Waals surface area (Å²) in [6.07, 6.45) is 0. The van der Waals surface area contributed by atoms with Gasteiger partial charge in [-0.2, -0.15) is 4.98 Å². The fraction of sp³-hybridized carbons (Fsp3) is 0.417. The van der Waals surface area contributed by atoms with E-state index in [2.05, 4.69) is 38.1 Å². The standard InChI is InChI=1S/C12H14BrN3O/c1-8-7-14-4-5-16(8)12-15-10-6-9(13)2-3-11(10)17-12/h2-3,6,8,14H,4-5,7H2,1H3. The third-order valence-electron chi connectivity index (χ3n) is 3.09. The van der Waals surface area contributed by atoms with Crippen LogP contribution >= 0.6 is 15.9 Å². The van der Waals surface area contributed by atoms with Crippen LogP contribution in [0.5, 0.6) is 0 Å². The molecule has 0 amide bonds. The van der Waals surface area contributed by atoms with E-state index in [9.17, 15) is 0 Å². The smallest absolute Gasteiger partial charge is 0.298 e. The van der Waals surface area contributed by atoms with Crippen LogP contribution in [0.4, 0.5) is 6.01 Å². The van der Waals surface area contributed by atoms with Gasteiger partial charge in [-0.3, -0.25) is 0 Å². The van der Waals surface area contributed by atoms with Gasteiger partial charge in [0.2, 0.25) is 0 Å². The van der Waals surface area contributed by atoms with Crippen LogP contribution in [-0.2, 0) is 0 Å². The Kier molecular flexibility index (Phi) is 2.80. The first-order valence-electron chi connectivity index (χ1n) is 5.77. The highest BCUT2D eigenvalue weighted by molar-refractivity contribution is 9.10. The molecule has 0 spiro atoms. The number of fused-ring (bicyclic) bond motifs is 1. The monoisotopic (exact) mass is 295 g/mol. The number of oxazole rings is 1. The number of hydrogen-bond donors (Lipinski definition) is 1. The maximum atomic E-state index is 5.80. The molecule has 2 heterocycles. The van der Waals surface area contributed by atoms with Gasteiger partial charge in [0.1, 0.15) is 5.52 Å². The summed E-state index contributed by atoms with van der Waals surface area (Å²) in [6.45, 7) is 5.07. The molecule has 1 aliphatic heterocycles. The Morgan fingerprint density at radius 2 is 2.41 bits per heavy atom. The Labute approximate surface area is 108 Å². The van der Waals surface area contributed by atoms with Gasteiger partial charge in [-0.05, 0) is 25.1 Å². The Hall–Kier alpha value is -1.07. The van der Waals surface area contributed by atoms with Gasteiger partial charge in [0, 0.05) is 30.1 Å². The summed E-state index contributed by atoms with van der Waals surface area (Å²) in [5, 5.41) is 3.36. The fourth-order valence-electron chi connectivity index (χ4n) is 2.14. The average Bonchev–Trinajstić information content (AvgIpc) is 2.72. The molecule has 1 atom stereocenters. The molecule has 1 aromatic carbocycles. The van der Waals surface area contributed by atoms with Crippen LogP contribution < -0.4 is 10.2 Å². The molecule has 3 rings (SSSR count).